The van der Waals surface area contributed by atoms with Crippen LogP contribution < -0.4 is 5.32 Å². The molecule has 3 fully saturated rings. The van der Waals surface area contributed by atoms with Gasteiger partial charge in [0.15, 0.2) is 0 Å². The Labute approximate surface area is 139 Å². The van der Waals surface area contributed by atoms with Crippen LogP contribution in [0.25, 0.3) is 10.6 Å². The van der Waals surface area contributed by atoms with E-state index in [1.54, 1.807) is 18.3 Å². The second-order valence-electron chi connectivity index (χ2n) is 6.29. The number of carbonyl (C=O) groups excluding carboxylic acids is 1. The molecule has 4 heterocycles. The van der Waals surface area contributed by atoms with Crippen molar-refractivity contribution >= 4 is 17.2 Å². The second-order valence-corrected chi connectivity index (χ2v) is 7.33. The number of amides is 1. The molecule has 1 atom stereocenters. The van der Waals surface area contributed by atoms with E-state index in [2.05, 4.69) is 15.2 Å². The number of phenolic OH excluding ortho intramolecular Hbond substituents is 1. The van der Waals surface area contributed by atoms with Gasteiger partial charge >= 0.3 is 0 Å². The van der Waals surface area contributed by atoms with Gasteiger partial charge in [0.25, 0.3) is 5.91 Å². The van der Waals surface area contributed by atoms with E-state index in [9.17, 15) is 9.90 Å². The molecule has 0 radical (unpaired) electrons. The van der Waals surface area contributed by atoms with Gasteiger partial charge in [-0.1, -0.05) is 0 Å². The molecule has 6 heteroatoms. The molecule has 1 aromatic heterocycles. The summed E-state index contributed by atoms with van der Waals surface area (Å²) in [6.07, 6.45) is 4.02. The van der Waals surface area contributed by atoms with Crippen LogP contribution in [0.5, 0.6) is 5.75 Å². The maximum atomic E-state index is 12.5. The molecule has 120 valence electrons. The molecule has 3 saturated heterocycles. The molecule has 5 rings (SSSR count). The summed E-state index contributed by atoms with van der Waals surface area (Å²) in [6, 6.07) is 7.14. The highest BCUT2D eigenvalue weighted by Crippen LogP contribution is 2.29. The van der Waals surface area contributed by atoms with Gasteiger partial charge < -0.3 is 15.3 Å². The highest BCUT2D eigenvalue weighted by molar-refractivity contribution is 7.16. The Morgan fingerprint density at radius 1 is 1.26 bits per heavy atom. The number of nitrogens with zero attached hydrogens (tertiary/aromatic N) is 2. The van der Waals surface area contributed by atoms with Crippen molar-refractivity contribution in [1.82, 2.24) is 15.2 Å². The molecule has 0 spiro atoms. The average Bonchev–Trinajstić information content (AvgIpc) is 3.07. The lowest BCUT2D eigenvalue weighted by molar-refractivity contribution is 0.0622. The third kappa shape index (κ3) is 2.96. The smallest absolute Gasteiger partial charge is 0.263 e. The zero-order valence-electron chi connectivity index (χ0n) is 12.7. The van der Waals surface area contributed by atoms with Crippen LogP contribution in [-0.2, 0) is 0 Å². The van der Waals surface area contributed by atoms with E-state index in [4.69, 9.17) is 0 Å². The van der Waals surface area contributed by atoms with Gasteiger partial charge in [-0.25, -0.2) is 4.98 Å². The molecule has 0 saturated carbocycles. The number of hydrogen-bond donors (Lipinski definition) is 2. The second kappa shape index (κ2) is 5.94. The number of carbonyl (C=O) groups is 1. The van der Waals surface area contributed by atoms with Crippen molar-refractivity contribution in [3.8, 4) is 16.3 Å². The third-order valence-electron chi connectivity index (χ3n) is 4.82. The third-order valence-corrected chi connectivity index (χ3v) is 5.86. The number of aromatic nitrogens is 1. The summed E-state index contributed by atoms with van der Waals surface area (Å²) < 4.78 is 0. The van der Waals surface area contributed by atoms with E-state index in [0.29, 0.717) is 10.8 Å². The monoisotopic (exact) mass is 329 g/mol. The van der Waals surface area contributed by atoms with Crippen molar-refractivity contribution in [2.24, 2.45) is 5.92 Å². The zero-order chi connectivity index (χ0) is 15.8. The first-order valence-corrected chi connectivity index (χ1v) is 8.79. The van der Waals surface area contributed by atoms with Crippen molar-refractivity contribution in [2.75, 3.05) is 19.6 Å². The summed E-state index contributed by atoms with van der Waals surface area (Å²) in [5, 5.41) is 13.3. The fraction of sp³-hybridized carbons (Fsp3) is 0.412. The number of piperidine rings is 3. The molecule has 0 unspecified atom stereocenters. The van der Waals surface area contributed by atoms with Crippen molar-refractivity contribution in [2.45, 2.75) is 18.9 Å². The fourth-order valence-electron chi connectivity index (χ4n) is 3.48. The van der Waals surface area contributed by atoms with Crippen molar-refractivity contribution < 1.29 is 9.90 Å². The van der Waals surface area contributed by atoms with Crippen molar-refractivity contribution in [3.05, 3.63) is 35.3 Å². The first kappa shape index (κ1) is 14.7. The maximum absolute atomic E-state index is 12.5. The number of thiazole rings is 1. The van der Waals surface area contributed by atoms with Gasteiger partial charge in [0.1, 0.15) is 15.6 Å². The molecular weight excluding hydrogens is 310 g/mol. The molecule has 3 aliphatic rings. The number of aromatic hydroxyl groups is 1. The molecular formula is C17H19N3O2S. The highest BCUT2D eigenvalue weighted by atomic mass is 32.1. The molecule has 23 heavy (non-hydrogen) atoms. The number of rotatable bonds is 3. The summed E-state index contributed by atoms with van der Waals surface area (Å²) in [6.45, 7) is 3.31. The van der Waals surface area contributed by atoms with E-state index in [1.165, 1.54) is 37.3 Å². The van der Waals surface area contributed by atoms with Crippen molar-refractivity contribution in [3.63, 3.8) is 0 Å². The number of phenols is 1. The fourth-order valence-corrected chi connectivity index (χ4v) is 4.31. The first-order valence-electron chi connectivity index (χ1n) is 7.97. The number of nitrogens with one attached hydrogen (secondary N) is 1. The van der Waals surface area contributed by atoms with Crippen LogP contribution in [0.3, 0.4) is 0 Å². The predicted molar refractivity (Wildman–Crippen MR) is 89.6 cm³/mol. The van der Waals surface area contributed by atoms with Crippen LogP contribution in [0.15, 0.2) is 30.5 Å². The zero-order valence-corrected chi connectivity index (χ0v) is 13.6. The molecule has 2 bridgehead atoms. The minimum atomic E-state index is -0.0220. The number of fused-ring (bicyclic) bond motifs is 3. The van der Waals surface area contributed by atoms with Gasteiger partial charge in [-0.2, -0.15) is 0 Å². The largest absolute Gasteiger partial charge is 0.508 e. The Morgan fingerprint density at radius 3 is 2.65 bits per heavy atom. The predicted octanol–water partition coefficient (Wildman–Crippen LogP) is 2.34. The molecule has 2 aromatic rings. The Morgan fingerprint density at radius 2 is 2.00 bits per heavy atom. The summed E-state index contributed by atoms with van der Waals surface area (Å²) in [5.74, 6) is 0.824. The van der Waals surface area contributed by atoms with Gasteiger partial charge in [0.2, 0.25) is 0 Å². The summed E-state index contributed by atoms with van der Waals surface area (Å²) in [5.41, 5.74) is 0.912. The number of hydrogen-bond acceptors (Lipinski definition) is 5. The van der Waals surface area contributed by atoms with Crippen LogP contribution >= 0.6 is 11.3 Å². The van der Waals surface area contributed by atoms with Crippen LogP contribution in [-0.4, -0.2) is 46.6 Å². The van der Waals surface area contributed by atoms with Gasteiger partial charge in [0, 0.05) is 18.2 Å². The van der Waals surface area contributed by atoms with Crippen molar-refractivity contribution in [1.29, 1.82) is 0 Å². The summed E-state index contributed by atoms with van der Waals surface area (Å²) in [4.78, 5) is 19.9. The minimum Gasteiger partial charge on any atom is -0.508 e. The SMILES string of the molecule is O=C(N[C@H]1CN2CCC1CC2)c1cnc(-c2ccc(O)cc2)s1. The van der Waals surface area contributed by atoms with Gasteiger partial charge in [-0.3, -0.25) is 4.79 Å². The van der Waals surface area contributed by atoms with Crippen LogP contribution in [0.4, 0.5) is 0 Å². The maximum Gasteiger partial charge on any atom is 0.263 e. The topological polar surface area (TPSA) is 65.5 Å². The summed E-state index contributed by atoms with van der Waals surface area (Å²) in [7, 11) is 0. The highest BCUT2D eigenvalue weighted by Gasteiger charge is 2.35. The normalized spacial score (nSPS) is 26.2. The van der Waals surface area contributed by atoms with Gasteiger partial charge in [0.05, 0.1) is 6.20 Å². The van der Waals surface area contributed by atoms with Crippen LogP contribution in [0.2, 0.25) is 0 Å². The van der Waals surface area contributed by atoms with E-state index >= 15 is 0 Å². The molecule has 1 amide bonds. The van der Waals surface area contributed by atoms with E-state index in [0.717, 1.165) is 17.1 Å². The lowest BCUT2D eigenvalue weighted by Crippen LogP contribution is -2.57. The van der Waals surface area contributed by atoms with E-state index < -0.39 is 0 Å². The molecule has 1 aromatic carbocycles. The van der Waals surface area contributed by atoms with Crippen LogP contribution in [0.1, 0.15) is 22.5 Å². The Kier molecular flexibility index (Phi) is 3.79. The lowest BCUT2D eigenvalue weighted by Gasteiger charge is -2.44. The Bertz CT molecular complexity index is 705. The Balaban J connectivity index is 1.46. The van der Waals surface area contributed by atoms with Gasteiger partial charge in [-0.15, -0.1) is 11.3 Å². The van der Waals surface area contributed by atoms with Crippen LogP contribution in [0, 0.1) is 5.92 Å². The van der Waals surface area contributed by atoms with E-state index in [1.807, 2.05) is 12.1 Å². The van der Waals surface area contributed by atoms with E-state index in [-0.39, 0.29) is 17.7 Å². The quantitative estimate of drug-likeness (QED) is 0.907. The average molecular weight is 329 g/mol. The lowest BCUT2D eigenvalue weighted by atomic mass is 9.84. The first-order chi connectivity index (χ1) is 11.2. The molecule has 2 N–H and O–H groups in total. The minimum absolute atomic E-state index is 0.0220. The molecule has 3 aliphatic heterocycles. The number of benzene rings is 1. The standard InChI is InChI=1S/C17H19N3O2S/c21-13-3-1-12(2-4-13)17-18-9-15(23-17)16(22)19-14-10-20-7-5-11(14)6-8-20/h1-4,9,11,14,21H,5-8,10H2,(H,19,22)/t14-/m0/s1. The molecule has 5 nitrogen and oxygen atoms in total. The summed E-state index contributed by atoms with van der Waals surface area (Å²) >= 11 is 1.39. The molecule has 0 aliphatic carbocycles. The van der Waals surface area contributed by atoms with Gasteiger partial charge in [-0.05, 0) is 56.1 Å². The Hall–Kier alpha value is -1.92.